The molecule has 0 radical (unpaired) electrons. The van der Waals surface area contributed by atoms with E-state index in [4.69, 9.17) is 0 Å². The van der Waals surface area contributed by atoms with Crippen LogP contribution in [0.25, 0.3) is 0 Å². The van der Waals surface area contributed by atoms with Crippen LogP contribution < -0.4 is 8.61 Å². The highest BCUT2D eigenvalue weighted by molar-refractivity contribution is 8.76. The molecule has 0 fully saturated rings. The van der Waals surface area contributed by atoms with Gasteiger partial charge in [-0.2, -0.15) is 0 Å². The third-order valence-corrected chi connectivity index (χ3v) is 8.47. The summed E-state index contributed by atoms with van der Waals surface area (Å²) >= 11 is 0. The molecule has 0 spiro atoms. The van der Waals surface area contributed by atoms with Crippen molar-refractivity contribution in [1.82, 2.24) is 0 Å². The molecule has 0 aliphatic carbocycles. The van der Waals surface area contributed by atoms with Crippen LogP contribution in [-0.4, -0.2) is 43.4 Å². The third-order valence-electron chi connectivity index (χ3n) is 3.63. The second-order valence-electron chi connectivity index (χ2n) is 5.56. The van der Waals surface area contributed by atoms with Gasteiger partial charge in [0.25, 0.3) is 0 Å². The fourth-order valence-electron chi connectivity index (χ4n) is 2.02. The zero-order valence-electron chi connectivity index (χ0n) is 14.8. The molecule has 0 aliphatic heterocycles. The molecule has 10 heteroatoms. The number of nitrogens with zero attached hydrogens (tertiary/aromatic N) is 2. The lowest BCUT2D eigenvalue weighted by Gasteiger charge is -2.21. The molecular formula is C16H20N2O4S4. The molecule has 0 amide bonds. The number of sulfonamides is 2. The van der Waals surface area contributed by atoms with Crippen molar-refractivity contribution in [3.05, 3.63) is 48.5 Å². The van der Waals surface area contributed by atoms with Gasteiger partial charge in [0.15, 0.2) is 0 Å². The van der Waals surface area contributed by atoms with Crippen molar-refractivity contribution < 1.29 is 16.8 Å². The zero-order valence-corrected chi connectivity index (χ0v) is 18.0. The van der Waals surface area contributed by atoms with Gasteiger partial charge in [0.1, 0.15) is 0 Å². The molecule has 142 valence electrons. The van der Waals surface area contributed by atoms with Crippen molar-refractivity contribution in [3.8, 4) is 0 Å². The number of anilines is 2. The first kappa shape index (κ1) is 20.9. The molecule has 0 bridgehead atoms. The van der Waals surface area contributed by atoms with Crippen LogP contribution in [0, 0.1) is 0 Å². The standard InChI is InChI=1S/C16H20N2O4S4/c1-17(25(3,19)20)13-9-5-7-11-15(13)23-24-16-12-8-6-10-14(16)18(2)26(4,21)22/h5-12H,1-4H3. The van der Waals surface area contributed by atoms with Crippen LogP contribution in [-0.2, 0) is 20.0 Å². The lowest BCUT2D eigenvalue weighted by Crippen LogP contribution is -2.25. The zero-order chi connectivity index (χ0) is 19.5. The van der Waals surface area contributed by atoms with Gasteiger partial charge in [-0.15, -0.1) is 0 Å². The van der Waals surface area contributed by atoms with Gasteiger partial charge in [-0.25, -0.2) is 16.8 Å². The second kappa shape index (κ2) is 8.12. The Balaban J connectivity index is 2.32. The maximum absolute atomic E-state index is 11.8. The lowest BCUT2D eigenvalue weighted by molar-refractivity contribution is 0.598. The van der Waals surface area contributed by atoms with E-state index in [9.17, 15) is 16.8 Å². The van der Waals surface area contributed by atoms with Gasteiger partial charge < -0.3 is 0 Å². The minimum Gasteiger partial charge on any atom is -0.272 e. The molecular weight excluding hydrogens is 412 g/mol. The summed E-state index contributed by atoms with van der Waals surface area (Å²) < 4.78 is 49.8. The van der Waals surface area contributed by atoms with Crippen molar-refractivity contribution in [2.45, 2.75) is 9.79 Å². The summed E-state index contributed by atoms with van der Waals surface area (Å²) in [6.07, 6.45) is 2.30. The smallest absolute Gasteiger partial charge is 0.232 e. The molecule has 2 aromatic rings. The number of rotatable bonds is 7. The van der Waals surface area contributed by atoms with Crippen LogP contribution in [0.1, 0.15) is 0 Å². The minimum atomic E-state index is -3.38. The molecule has 6 nitrogen and oxygen atoms in total. The van der Waals surface area contributed by atoms with E-state index in [0.29, 0.717) is 11.4 Å². The maximum atomic E-state index is 11.8. The van der Waals surface area contributed by atoms with Gasteiger partial charge >= 0.3 is 0 Å². The highest BCUT2D eigenvalue weighted by Gasteiger charge is 2.18. The van der Waals surface area contributed by atoms with Gasteiger partial charge in [-0.1, -0.05) is 45.9 Å². The molecule has 2 aromatic carbocycles. The van der Waals surface area contributed by atoms with E-state index >= 15 is 0 Å². The fourth-order valence-corrected chi connectivity index (χ4v) is 5.58. The van der Waals surface area contributed by atoms with E-state index < -0.39 is 20.0 Å². The van der Waals surface area contributed by atoms with Crippen molar-refractivity contribution in [3.63, 3.8) is 0 Å². The highest BCUT2D eigenvalue weighted by atomic mass is 33.1. The number of hydrogen-bond acceptors (Lipinski definition) is 6. The van der Waals surface area contributed by atoms with Gasteiger partial charge in [-0.3, -0.25) is 8.61 Å². The molecule has 0 atom stereocenters. The van der Waals surface area contributed by atoms with E-state index in [2.05, 4.69) is 0 Å². The highest BCUT2D eigenvalue weighted by Crippen LogP contribution is 2.45. The number of para-hydroxylation sites is 2. The molecule has 2 rings (SSSR count). The van der Waals surface area contributed by atoms with Crippen molar-refractivity contribution in [2.75, 3.05) is 35.2 Å². The lowest BCUT2D eigenvalue weighted by atomic mass is 10.3. The predicted octanol–water partition coefficient (Wildman–Crippen LogP) is 3.28. The van der Waals surface area contributed by atoms with Crippen molar-refractivity contribution in [2.24, 2.45) is 0 Å². The van der Waals surface area contributed by atoms with E-state index in [1.54, 1.807) is 24.3 Å². The monoisotopic (exact) mass is 432 g/mol. The second-order valence-corrected chi connectivity index (χ2v) is 11.8. The topological polar surface area (TPSA) is 74.8 Å². The predicted molar refractivity (Wildman–Crippen MR) is 111 cm³/mol. The SMILES string of the molecule is CN(c1ccccc1SSc1ccccc1N(C)S(C)(=O)=O)S(C)(=O)=O. The molecule has 0 heterocycles. The Morgan fingerprint density at radius 3 is 1.27 bits per heavy atom. The molecule has 0 aromatic heterocycles. The van der Waals surface area contributed by atoms with Crippen LogP contribution in [0.4, 0.5) is 11.4 Å². The van der Waals surface area contributed by atoms with E-state index in [1.165, 1.54) is 44.3 Å². The largest absolute Gasteiger partial charge is 0.272 e. The Kier molecular flexibility index (Phi) is 6.54. The summed E-state index contributed by atoms with van der Waals surface area (Å²) in [5.41, 5.74) is 1.14. The van der Waals surface area contributed by atoms with E-state index in [1.807, 2.05) is 24.3 Å². The summed E-state index contributed by atoms with van der Waals surface area (Å²) in [5.74, 6) is 0. The molecule has 0 saturated heterocycles. The minimum absolute atomic E-state index is 0.571. The fraction of sp³-hybridized carbons (Fsp3) is 0.250. The average molecular weight is 433 g/mol. The average Bonchev–Trinajstić information content (AvgIpc) is 2.57. The van der Waals surface area contributed by atoms with E-state index in [0.717, 1.165) is 22.3 Å². The summed E-state index contributed by atoms with van der Waals surface area (Å²) in [5, 5.41) is 0. The Bertz CT molecular complexity index is 909. The summed E-state index contributed by atoms with van der Waals surface area (Å²) in [6.45, 7) is 0. The molecule has 0 unspecified atom stereocenters. The number of hydrogen-bond donors (Lipinski definition) is 0. The van der Waals surface area contributed by atoms with Gasteiger partial charge in [-0.05, 0) is 24.3 Å². The first-order valence-electron chi connectivity index (χ1n) is 7.42. The van der Waals surface area contributed by atoms with Crippen molar-refractivity contribution in [1.29, 1.82) is 0 Å². The first-order chi connectivity index (χ1) is 12.0. The van der Waals surface area contributed by atoms with Crippen molar-refractivity contribution >= 4 is 53.0 Å². The van der Waals surface area contributed by atoms with Crippen LogP contribution in [0.3, 0.4) is 0 Å². The summed E-state index contributed by atoms with van der Waals surface area (Å²) in [7, 11) is -0.997. The Hall–Kier alpha value is -1.36. The molecule has 26 heavy (non-hydrogen) atoms. The van der Waals surface area contributed by atoms with Crippen LogP contribution in [0.5, 0.6) is 0 Å². The van der Waals surface area contributed by atoms with E-state index in [-0.39, 0.29) is 0 Å². The molecule has 0 aliphatic rings. The Morgan fingerprint density at radius 1 is 0.654 bits per heavy atom. The quantitative estimate of drug-likeness (QED) is 0.625. The summed E-state index contributed by atoms with van der Waals surface area (Å²) in [4.78, 5) is 1.53. The van der Waals surface area contributed by atoms with Crippen LogP contribution in [0.2, 0.25) is 0 Å². The first-order valence-corrected chi connectivity index (χ1v) is 13.3. The van der Waals surface area contributed by atoms with Gasteiger partial charge in [0, 0.05) is 23.9 Å². The third kappa shape index (κ3) is 5.09. The summed E-state index contributed by atoms with van der Waals surface area (Å²) in [6, 6.07) is 14.3. The van der Waals surface area contributed by atoms with Crippen LogP contribution in [0.15, 0.2) is 58.3 Å². The van der Waals surface area contributed by atoms with Crippen LogP contribution >= 0.6 is 21.6 Å². The maximum Gasteiger partial charge on any atom is 0.232 e. The molecule has 0 saturated carbocycles. The van der Waals surface area contributed by atoms with Gasteiger partial charge in [0.2, 0.25) is 20.0 Å². The Morgan fingerprint density at radius 2 is 0.962 bits per heavy atom. The molecule has 0 N–H and O–H groups in total. The normalized spacial score (nSPS) is 12.0. The Labute approximate surface area is 163 Å². The van der Waals surface area contributed by atoms with Gasteiger partial charge in [0.05, 0.1) is 23.9 Å². The number of benzene rings is 2.